The molecule has 1 aliphatic rings. The smallest absolute Gasteiger partial charge is 0.0328 e. The molecule has 0 aliphatic carbocycles. The van der Waals surface area contributed by atoms with E-state index in [1.165, 1.54) is 42.1 Å². The number of aryl methyl sites for hydroxylation is 1. The average molecular weight is 252 g/mol. The van der Waals surface area contributed by atoms with Crippen molar-refractivity contribution in [2.45, 2.75) is 45.7 Å². The molecule has 0 radical (unpaired) electrons. The Labute approximate surface area is 109 Å². The number of hydrogen-bond donors (Lipinski definition) is 1. The predicted octanol–water partition coefficient (Wildman–Crippen LogP) is 3.02. The summed E-state index contributed by atoms with van der Waals surface area (Å²) in [6.45, 7) is 9.13. The van der Waals surface area contributed by atoms with Crippen molar-refractivity contribution in [3.05, 3.63) is 21.9 Å². The zero-order valence-corrected chi connectivity index (χ0v) is 11.9. The van der Waals surface area contributed by atoms with Gasteiger partial charge >= 0.3 is 0 Å². The second kappa shape index (κ2) is 6.53. The zero-order valence-electron chi connectivity index (χ0n) is 11.0. The fraction of sp³-hybridized carbons (Fsp3) is 0.714. The summed E-state index contributed by atoms with van der Waals surface area (Å²) < 4.78 is 0. The predicted molar refractivity (Wildman–Crippen MR) is 75.6 cm³/mol. The first-order valence-electron chi connectivity index (χ1n) is 6.79. The van der Waals surface area contributed by atoms with Gasteiger partial charge in [0.05, 0.1) is 0 Å². The van der Waals surface area contributed by atoms with Gasteiger partial charge in [-0.2, -0.15) is 0 Å². The van der Waals surface area contributed by atoms with Crippen LogP contribution in [0.1, 0.15) is 35.9 Å². The summed E-state index contributed by atoms with van der Waals surface area (Å²) in [5, 5.41) is 3.64. The maximum atomic E-state index is 3.64. The van der Waals surface area contributed by atoms with Gasteiger partial charge in [0, 0.05) is 28.9 Å². The number of nitrogens with zero attached hydrogens (tertiary/aromatic N) is 1. The summed E-state index contributed by atoms with van der Waals surface area (Å²) in [7, 11) is 0. The highest BCUT2D eigenvalue weighted by atomic mass is 32.1. The summed E-state index contributed by atoms with van der Waals surface area (Å²) in [4.78, 5) is 5.49. The van der Waals surface area contributed by atoms with E-state index in [2.05, 4.69) is 36.2 Å². The van der Waals surface area contributed by atoms with E-state index >= 15 is 0 Å². The van der Waals surface area contributed by atoms with Crippen LogP contribution in [-0.2, 0) is 6.54 Å². The highest BCUT2D eigenvalue weighted by Crippen LogP contribution is 2.18. The molecule has 1 atom stereocenters. The Bertz CT molecular complexity index is 329. The van der Waals surface area contributed by atoms with Crippen LogP contribution in [0.4, 0.5) is 0 Å². The first kappa shape index (κ1) is 13.1. The molecular formula is C14H24N2S. The molecular weight excluding hydrogens is 228 g/mol. The standard InChI is InChI=1S/C14H24N2S/c1-3-16(10-13-6-4-5-9-15-13)11-14-8-7-12(2)17-14/h7-8,13,15H,3-6,9-11H2,1-2H3. The minimum absolute atomic E-state index is 0.713. The maximum absolute atomic E-state index is 3.64. The lowest BCUT2D eigenvalue weighted by molar-refractivity contribution is 0.228. The Hall–Kier alpha value is -0.380. The molecule has 0 aromatic carbocycles. The fourth-order valence-corrected chi connectivity index (χ4v) is 3.42. The Morgan fingerprint density at radius 3 is 2.88 bits per heavy atom. The van der Waals surface area contributed by atoms with E-state index in [1.807, 2.05) is 11.3 Å². The van der Waals surface area contributed by atoms with Crippen molar-refractivity contribution in [3.8, 4) is 0 Å². The molecule has 2 rings (SSSR count). The molecule has 2 nitrogen and oxygen atoms in total. The number of thiophene rings is 1. The lowest BCUT2D eigenvalue weighted by atomic mass is 10.0. The summed E-state index contributed by atoms with van der Waals surface area (Å²) >= 11 is 1.93. The van der Waals surface area contributed by atoms with Crippen LogP contribution in [-0.4, -0.2) is 30.6 Å². The molecule has 1 aliphatic heterocycles. The molecule has 1 unspecified atom stereocenters. The maximum Gasteiger partial charge on any atom is 0.0328 e. The van der Waals surface area contributed by atoms with Gasteiger partial charge in [0.25, 0.3) is 0 Å². The van der Waals surface area contributed by atoms with Crippen molar-refractivity contribution in [1.29, 1.82) is 0 Å². The second-order valence-corrected chi connectivity index (χ2v) is 6.36. The molecule has 96 valence electrons. The molecule has 1 fully saturated rings. The Balaban J connectivity index is 1.83. The highest BCUT2D eigenvalue weighted by Gasteiger charge is 2.16. The molecule has 17 heavy (non-hydrogen) atoms. The van der Waals surface area contributed by atoms with Crippen LogP contribution in [0.25, 0.3) is 0 Å². The summed E-state index contributed by atoms with van der Waals surface area (Å²) in [5.74, 6) is 0. The van der Waals surface area contributed by atoms with Gasteiger partial charge in [-0.1, -0.05) is 13.3 Å². The molecule has 1 aromatic heterocycles. The Morgan fingerprint density at radius 1 is 1.41 bits per heavy atom. The van der Waals surface area contributed by atoms with Gasteiger partial charge in [0.1, 0.15) is 0 Å². The van der Waals surface area contributed by atoms with E-state index in [4.69, 9.17) is 0 Å². The normalized spacial score (nSPS) is 21.0. The molecule has 2 heterocycles. The van der Waals surface area contributed by atoms with Crippen LogP contribution in [0, 0.1) is 6.92 Å². The topological polar surface area (TPSA) is 15.3 Å². The van der Waals surface area contributed by atoms with Crippen LogP contribution in [0.5, 0.6) is 0 Å². The molecule has 1 aromatic rings. The van der Waals surface area contributed by atoms with Crippen LogP contribution < -0.4 is 5.32 Å². The number of likely N-dealkylation sites (N-methyl/N-ethyl adjacent to an activating group) is 1. The minimum atomic E-state index is 0.713. The second-order valence-electron chi connectivity index (χ2n) is 4.99. The van der Waals surface area contributed by atoms with E-state index in [0.29, 0.717) is 6.04 Å². The van der Waals surface area contributed by atoms with Gasteiger partial charge in [-0.3, -0.25) is 4.90 Å². The van der Waals surface area contributed by atoms with E-state index in [9.17, 15) is 0 Å². The van der Waals surface area contributed by atoms with Crippen LogP contribution in [0.3, 0.4) is 0 Å². The first-order valence-corrected chi connectivity index (χ1v) is 7.60. The lowest BCUT2D eigenvalue weighted by Gasteiger charge is -2.29. The third-order valence-corrected chi connectivity index (χ3v) is 4.50. The molecule has 0 amide bonds. The summed E-state index contributed by atoms with van der Waals surface area (Å²) in [6, 6.07) is 5.22. The van der Waals surface area contributed by atoms with Crippen LogP contribution in [0.15, 0.2) is 12.1 Å². The van der Waals surface area contributed by atoms with Crippen molar-refractivity contribution >= 4 is 11.3 Å². The van der Waals surface area contributed by atoms with Gasteiger partial charge in [0.15, 0.2) is 0 Å². The lowest BCUT2D eigenvalue weighted by Crippen LogP contribution is -2.43. The number of hydrogen-bond acceptors (Lipinski definition) is 3. The molecule has 1 saturated heterocycles. The van der Waals surface area contributed by atoms with Crippen molar-refractivity contribution in [3.63, 3.8) is 0 Å². The number of piperidine rings is 1. The molecule has 0 saturated carbocycles. The number of rotatable bonds is 5. The largest absolute Gasteiger partial charge is 0.313 e. The minimum Gasteiger partial charge on any atom is -0.313 e. The zero-order chi connectivity index (χ0) is 12.1. The van der Waals surface area contributed by atoms with E-state index < -0.39 is 0 Å². The highest BCUT2D eigenvalue weighted by molar-refractivity contribution is 7.11. The molecule has 0 bridgehead atoms. The number of nitrogens with one attached hydrogen (secondary N) is 1. The van der Waals surface area contributed by atoms with E-state index in [0.717, 1.165) is 13.1 Å². The van der Waals surface area contributed by atoms with Crippen molar-refractivity contribution in [2.24, 2.45) is 0 Å². The van der Waals surface area contributed by atoms with E-state index in [-0.39, 0.29) is 0 Å². The van der Waals surface area contributed by atoms with Gasteiger partial charge in [0.2, 0.25) is 0 Å². The molecule has 0 spiro atoms. The van der Waals surface area contributed by atoms with Gasteiger partial charge < -0.3 is 5.32 Å². The van der Waals surface area contributed by atoms with Crippen molar-refractivity contribution in [1.82, 2.24) is 10.2 Å². The third-order valence-electron chi connectivity index (χ3n) is 3.51. The van der Waals surface area contributed by atoms with Crippen LogP contribution >= 0.6 is 11.3 Å². The fourth-order valence-electron chi connectivity index (χ4n) is 2.49. The summed E-state index contributed by atoms with van der Waals surface area (Å²) in [5.41, 5.74) is 0. The average Bonchev–Trinajstić information content (AvgIpc) is 2.75. The third kappa shape index (κ3) is 4.09. The monoisotopic (exact) mass is 252 g/mol. The first-order chi connectivity index (χ1) is 8.28. The molecule has 1 N–H and O–H groups in total. The van der Waals surface area contributed by atoms with Gasteiger partial charge in [-0.15, -0.1) is 11.3 Å². The molecule has 3 heteroatoms. The SMILES string of the molecule is CCN(Cc1ccc(C)s1)CC1CCCCN1. The van der Waals surface area contributed by atoms with Gasteiger partial charge in [-0.05, 0) is 45.0 Å². The van der Waals surface area contributed by atoms with Gasteiger partial charge in [-0.25, -0.2) is 0 Å². The van der Waals surface area contributed by atoms with Crippen molar-refractivity contribution in [2.75, 3.05) is 19.6 Å². The van der Waals surface area contributed by atoms with E-state index in [1.54, 1.807) is 0 Å². The summed E-state index contributed by atoms with van der Waals surface area (Å²) in [6.07, 6.45) is 4.10. The quantitative estimate of drug-likeness (QED) is 0.866. The Morgan fingerprint density at radius 2 is 2.29 bits per heavy atom. The van der Waals surface area contributed by atoms with Crippen molar-refractivity contribution < 1.29 is 0 Å². The van der Waals surface area contributed by atoms with Crippen LogP contribution in [0.2, 0.25) is 0 Å². The Kier molecular flexibility index (Phi) is 5.01.